The highest BCUT2D eigenvalue weighted by Gasteiger charge is 2.53. The third kappa shape index (κ3) is 1.56. The molecule has 1 nitrogen and oxygen atoms in total. The SMILES string of the molecule is CC(=O)c1ccccc1C1(C(F)F)CC1. The summed E-state index contributed by atoms with van der Waals surface area (Å²) in [5.41, 5.74) is -0.0785. The molecule has 0 bridgehead atoms. The molecule has 0 unspecified atom stereocenters. The zero-order valence-electron chi connectivity index (χ0n) is 8.47. The van der Waals surface area contributed by atoms with Crippen molar-refractivity contribution in [1.82, 2.24) is 0 Å². The number of alkyl halides is 2. The van der Waals surface area contributed by atoms with Crippen molar-refractivity contribution in [3.8, 4) is 0 Å². The van der Waals surface area contributed by atoms with Gasteiger partial charge < -0.3 is 0 Å². The largest absolute Gasteiger partial charge is 0.295 e. The summed E-state index contributed by atoms with van der Waals surface area (Å²) in [6.45, 7) is 1.42. The van der Waals surface area contributed by atoms with Gasteiger partial charge >= 0.3 is 0 Å². The molecular weight excluding hydrogens is 198 g/mol. The quantitative estimate of drug-likeness (QED) is 0.700. The Labute approximate surface area is 87.1 Å². The molecule has 3 heteroatoms. The molecule has 0 atom stereocenters. The molecule has 0 saturated heterocycles. The Bertz CT molecular complexity index is 394. The number of carbonyl (C=O) groups excluding carboxylic acids is 1. The summed E-state index contributed by atoms with van der Waals surface area (Å²) in [6.07, 6.45) is -1.41. The first kappa shape index (κ1) is 10.3. The van der Waals surface area contributed by atoms with E-state index < -0.39 is 11.8 Å². The van der Waals surface area contributed by atoms with E-state index in [0.717, 1.165) is 0 Å². The number of Topliss-reactive ketones (excluding diaryl/α,β-unsaturated/α-hetero) is 1. The summed E-state index contributed by atoms with van der Waals surface area (Å²) in [6, 6.07) is 6.70. The van der Waals surface area contributed by atoms with Crippen LogP contribution in [0, 0.1) is 0 Å². The molecular formula is C12H12F2O. The van der Waals surface area contributed by atoms with E-state index in [-0.39, 0.29) is 5.78 Å². The zero-order valence-corrected chi connectivity index (χ0v) is 8.47. The highest BCUT2D eigenvalue weighted by molar-refractivity contribution is 5.96. The highest BCUT2D eigenvalue weighted by atomic mass is 19.3. The summed E-state index contributed by atoms with van der Waals surface area (Å²) in [5, 5.41) is 0. The Hall–Kier alpha value is -1.25. The van der Waals surface area contributed by atoms with E-state index in [0.29, 0.717) is 24.0 Å². The Morgan fingerprint density at radius 3 is 2.40 bits per heavy atom. The van der Waals surface area contributed by atoms with Gasteiger partial charge in [-0.25, -0.2) is 8.78 Å². The first-order valence-corrected chi connectivity index (χ1v) is 4.96. The van der Waals surface area contributed by atoms with Crippen LogP contribution in [0.5, 0.6) is 0 Å². The van der Waals surface area contributed by atoms with Gasteiger partial charge in [0, 0.05) is 5.56 Å². The molecule has 0 heterocycles. The van der Waals surface area contributed by atoms with Gasteiger partial charge in [-0.15, -0.1) is 0 Å². The first-order valence-electron chi connectivity index (χ1n) is 4.96. The fourth-order valence-corrected chi connectivity index (χ4v) is 1.96. The molecule has 1 aromatic rings. The molecule has 0 radical (unpaired) electrons. The van der Waals surface area contributed by atoms with Crippen LogP contribution in [0.15, 0.2) is 24.3 Å². The molecule has 0 amide bonds. The summed E-state index contributed by atoms with van der Waals surface area (Å²) in [5.74, 6) is -0.141. The van der Waals surface area contributed by atoms with E-state index in [9.17, 15) is 13.6 Å². The lowest BCUT2D eigenvalue weighted by Crippen LogP contribution is -2.20. The van der Waals surface area contributed by atoms with Gasteiger partial charge in [-0.3, -0.25) is 4.79 Å². The van der Waals surface area contributed by atoms with E-state index in [1.54, 1.807) is 24.3 Å². The van der Waals surface area contributed by atoms with Gasteiger partial charge in [0.2, 0.25) is 6.43 Å². The Morgan fingerprint density at radius 2 is 1.93 bits per heavy atom. The smallest absolute Gasteiger partial charge is 0.248 e. The predicted molar refractivity (Wildman–Crippen MR) is 53.4 cm³/mol. The number of ketones is 1. The van der Waals surface area contributed by atoms with E-state index in [2.05, 4.69) is 0 Å². The zero-order chi connectivity index (χ0) is 11.1. The van der Waals surface area contributed by atoms with E-state index in [1.165, 1.54) is 6.92 Å². The average molecular weight is 210 g/mol. The summed E-state index contributed by atoms with van der Waals surface area (Å²) >= 11 is 0. The highest BCUT2D eigenvalue weighted by Crippen LogP contribution is 2.53. The number of hydrogen-bond acceptors (Lipinski definition) is 1. The fourth-order valence-electron chi connectivity index (χ4n) is 1.96. The molecule has 2 rings (SSSR count). The van der Waals surface area contributed by atoms with Crippen LogP contribution in [-0.2, 0) is 5.41 Å². The lowest BCUT2D eigenvalue weighted by Gasteiger charge is -2.17. The van der Waals surface area contributed by atoms with Crippen LogP contribution < -0.4 is 0 Å². The summed E-state index contributed by atoms with van der Waals surface area (Å²) in [7, 11) is 0. The molecule has 0 aromatic heterocycles. The van der Waals surface area contributed by atoms with Gasteiger partial charge in [-0.2, -0.15) is 0 Å². The second-order valence-electron chi connectivity index (χ2n) is 4.06. The number of carbonyl (C=O) groups is 1. The molecule has 80 valence electrons. The molecule has 0 N–H and O–H groups in total. The van der Waals surface area contributed by atoms with Gasteiger partial charge in [0.1, 0.15) is 0 Å². The standard InChI is InChI=1S/C12H12F2O/c1-8(15)9-4-2-3-5-10(9)12(6-7-12)11(13)14/h2-5,11H,6-7H2,1H3. The minimum atomic E-state index is -2.38. The molecule has 1 aliphatic carbocycles. The number of halogens is 2. The van der Waals surface area contributed by atoms with Gasteiger partial charge in [-0.1, -0.05) is 24.3 Å². The van der Waals surface area contributed by atoms with Crippen LogP contribution in [0.1, 0.15) is 35.7 Å². The average Bonchev–Trinajstić information content (AvgIpc) is 2.98. The molecule has 0 aliphatic heterocycles. The van der Waals surface area contributed by atoms with Crippen molar-refractivity contribution in [2.24, 2.45) is 0 Å². The fraction of sp³-hybridized carbons (Fsp3) is 0.417. The van der Waals surface area contributed by atoms with Crippen molar-refractivity contribution in [3.63, 3.8) is 0 Å². The molecule has 1 aromatic carbocycles. The van der Waals surface area contributed by atoms with Gasteiger partial charge in [0.15, 0.2) is 5.78 Å². The van der Waals surface area contributed by atoms with E-state index in [1.807, 2.05) is 0 Å². The normalized spacial score (nSPS) is 17.9. The third-order valence-corrected chi connectivity index (χ3v) is 3.05. The van der Waals surface area contributed by atoms with Gasteiger partial charge in [0.05, 0.1) is 5.41 Å². The topological polar surface area (TPSA) is 17.1 Å². The Morgan fingerprint density at radius 1 is 1.33 bits per heavy atom. The van der Waals surface area contributed by atoms with Crippen LogP contribution in [0.2, 0.25) is 0 Å². The summed E-state index contributed by atoms with van der Waals surface area (Å²) < 4.78 is 25.8. The molecule has 1 fully saturated rings. The van der Waals surface area contributed by atoms with Crippen LogP contribution >= 0.6 is 0 Å². The molecule has 0 spiro atoms. The van der Waals surface area contributed by atoms with Crippen LogP contribution in [0.3, 0.4) is 0 Å². The molecule has 1 saturated carbocycles. The number of benzene rings is 1. The minimum absolute atomic E-state index is 0.141. The van der Waals surface area contributed by atoms with Crippen molar-refractivity contribution in [1.29, 1.82) is 0 Å². The van der Waals surface area contributed by atoms with Gasteiger partial charge in [-0.05, 0) is 25.3 Å². The third-order valence-electron chi connectivity index (χ3n) is 3.05. The van der Waals surface area contributed by atoms with E-state index >= 15 is 0 Å². The monoisotopic (exact) mass is 210 g/mol. The maximum absolute atomic E-state index is 12.9. The van der Waals surface area contributed by atoms with Crippen molar-refractivity contribution < 1.29 is 13.6 Å². The minimum Gasteiger partial charge on any atom is -0.295 e. The van der Waals surface area contributed by atoms with Gasteiger partial charge in [0.25, 0.3) is 0 Å². The van der Waals surface area contributed by atoms with Crippen LogP contribution in [0.25, 0.3) is 0 Å². The van der Waals surface area contributed by atoms with Crippen molar-refractivity contribution in [3.05, 3.63) is 35.4 Å². The van der Waals surface area contributed by atoms with Crippen molar-refractivity contribution in [2.45, 2.75) is 31.6 Å². The second-order valence-corrected chi connectivity index (χ2v) is 4.06. The van der Waals surface area contributed by atoms with Crippen molar-refractivity contribution in [2.75, 3.05) is 0 Å². The number of hydrogen-bond donors (Lipinski definition) is 0. The van der Waals surface area contributed by atoms with Crippen LogP contribution in [0.4, 0.5) is 8.78 Å². The first-order chi connectivity index (χ1) is 7.08. The lowest BCUT2D eigenvalue weighted by molar-refractivity contribution is 0.0970. The lowest BCUT2D eigenvalue weighted by atomic mass is 9.90. The number of rotatable bonds is 3. The molecule has 15 heavy (non-hydrogen) atoms. The van der Waals surface area contributed by atoms with E-state index in [4.69, 9.17) is 0 Å². The second kappa shape index (κ2) is 3.40. The summed E-state index contributed by atoms with van der Waals surface area (Å²) in [4.78, 5) is 11.3. The Balaban J connectivity index is 2.49. The maximum atomic E-state index is 12.9. The van der Waals surface area contributed by atoms with Crippen molar-refractivity contribution >= 4 is 5.78 Å². The maximum Gasteiger partial charge on any atom is 0.248 e. The van der Waals surface area contributed by atoms with Crippen LogP contribution in [-0.4, -0.2) is 12.2 Å². The predicted octanol–water partition coefficient (Wildman–Crippen LogP) is 3.19. The molecule has 1 aliphatic rings. The Kier molecular flexibility index (Phi) is 2.33.